The van der Waals surface area contributed by atoms with E-state index in [0.29, 0.717) is 10.0 Å². The highest BCUT2D eigenvalue weighted by atomic mass is 35.5. The summed E-state index contributed by atoms with van der Waals surface area (Å²) in [7, 11) is 0. The van der Waals surface area contributed by atoms with E-state index in [4.69, 9.17) is 28.9 Å². The second-order valence-corrected chi connectivity index (χ2v) is 6.68. The predicted octanol–water partition coefficient (Wildman–Crippen LogP) is 4.86. The zero-order valence-corrected chi connectivity index (χ0v) is 13.1. The molecule has 0 spiro atoms. The molecule has 0 fully saturated rings. The number of fused-ring (bicyclic) bond motifs is 1. The third kappa shape index (κ3) is 2.71. The van der Waals surface area contributed by atoms with E-state index in [2.05, 4.69) is 31.8 Å². The van der Waals surface area contributed by atoms with Crippen molar-refractivity contribution in [3.8, 4) is 0 Å². The minimum Gasteiger partial charge on any atom is -0.324 e. The Balaban J connectivity index is 2.88. The summed E-state index contributed by atoms with van der Waals surface area (Å²) < 4.78 is 0. The summed E-state index contributed by atoms with van der Waals surface area (Å²) in [5.41, 5.74) is 8.76. The number of hydrogen-bond acceptors (Lipinski definition) is 2. The molecule has 0 aliphatic carbocycles. The summed E-state index contributed by atoms with van der Waals surface area (Å²) in [6.45, 7) is 8.31. The smallest absolute Gasteiger partial charge is 0.0910 e. The molecule has 19 heavy (non-hydrogen) atoms. The fourth-order valence-corrected chi connectivity index (χ4v) is 2.38. The van der Waals surface area contributed by atoms with Crippen molar-refractivity contribution in [2.24, 2.45) is 5.73 Å². The van der Waals surface area contributed by atoms with Crippen LogP contribution in [0.2, 0.25) is 10.0 Å². The topological polar surface area (TPSA) is 38.9 Å². The summed E-state index contributed by atoms with van der Waals surface area (Å²) in [5, 5.41) is 1.98. The van der Waals surface area contributed by atoms with Gasteiger partial charge in [0, 0.05) is 22.5 Å². The van der Waals surface area contributed by atoms with Gasteiger partial charge in [-0.2, -0.15) is 0 Å². The van der Waals surface area contributed by atoms with Crippen LogP contribution in [-0.4, -0.2) is 4.98 Å². The van der Waals surface area contributed by atoms with Gasteiger partial charge in [-0.05, 0) is 24.6 Å². The molecule has 0 saturated carbocycles. The minimum absolute atomic E-state index is 0.0660. The number of rotatable bonds is 1. The lowest BCUT2D eigenvalue weighted by Crippen LogP contribution is -2.16. The fraction of sp³-hybridized carbons (Fsp3) is 0.400. The highest BCUT2D eigenvalue weighted by Gasteiger charge is 2.20. The lowest BCUT2D eigenvalue weighted by atomic mass is 9.89. The second-order valence-electron chi connectivity index (χ2n) is 5.89. The number of hydrogen-bond donors (Lipinski definition) is 1. The third-order valence-corrected chi connectivity index (χ3v) is 3.96. The molecule has 0 aliphatic heterocycles. The van der Waals surface area contributed by atoms with Crippen LogP contribution in [-0.2, 0) is 5.41 Å². The van der Waals surface area contributed by atoms with Gasteiger partial charge in [-0.25, -0.2) is 0 Å². The maximum absolute atomic E-state index is 6.29. The Morgan fingerprint density at radius 3 is 2.37 bits per heavy atom. The molecule has 0 radical (unpaired) electrons. The maximum atomic E-state index is 6.29. The molecule has 1 aromatic carbocycles. The normalized spacial score (nSPS) is 13.8. The van der Waals surface area contributed by atoms with Gasteiger partial charge in [0.25, 0.3) is 0 Å². The van der Waals surface area contributed by atoms with Gasteiger partial charge in [0.2, 0.25) is 0 Å². The van der Waals surface area contributed by atoms with Gasteiger partial charge < -0.3 is 5.73 Å². The molecule has 0 saturated heterocycles. The molecule has 1 heterocycles. The van der Waals surface area contributed by atoms with Crippen LogP contribution < -0.4 is 5.73 Å². The zero-order valence-electron chi connectivity index (χ0n) is 11.6. The van der Waals surface area contributed by atoms with Crippen LogP contribution in [0.4, 0.5) is 0 Å². The van der Waals surface area contributed by atoms with Crippen LogP contribution in [0.3, 0.4) is 0 Å². The molecule has 2 aromatic rings. The van der Waals surface area contributed by atoms with Crippen molar-refractivity contribution in [2.75, 3.05) is 0 Å². The van der Waals surface area contributed by atoms with E-state index in [1.807, 2.05) is 13.0 Å². The Kier molecular flexibility index (Phi) is 3.78. The Morgan fingerprint density at radius 1 is 1.21 bits per heavy atom. The van der Waals surface area contributed by atoms with E-state index < -0.39 is 0 Å². The second kappa shape index (κ2) is 4.93. The molecule has 0 amide bonds. The highest BCUT2D eigenvalue weighted by molar-refractivity contribution is 6.45. The van der Waals surface area contributed by atoms with Crippen LogP contribution in [0, 0.1) is 0 Å². The largest absolute Gasteiger partial charge is 0.324 e. The number of aromatic nitrogens is 1. The van der Waals surface area contributed by atoms with Gasteiger partial charge in [-0.15, -0.1) is 0 Å². The highest BCUT2D eigenvalue weighted by Crippen LogP contribution is 2.35. The van der Waals surface area contributed by atoms with Crippen LogP contribution >= 0.6 is 23.2 Å². The standard InChI is InChI=1S/C15H18Cl2N2/c1-8(18)10-7-12(15(2,3)4)19-14-9(10)5-6-11(16)13(14)17/h5-8H,18H2,1-4H3. The number of benzene rings is 1. The van der Waals surface area contributed by atoms with Crippen molar-refractivity contribution < 1.29 is 0 Å². The van der Waals surface area contributed by atoms with Crippen LogP contribution in [0.25, 0.3) is 10.9 Å². The van der Waals surface area contributed by atoms with Gasteiger partial charge in [0.1, 0.15) is 0 Å². The average Bonchev–Trinajstić information content (AvgIpc) is 2.31. The van der Waals surface area contributed by atoms with Gasteiger partial charge in [-0.1, -0.05) is 50.0 Å². The van der Waals surface area contributed by atoms with Crippen molar-refractivity contribution in [1.82, 2.24) is 4.98 Å². The summed E-state index contributed by atoms with van der Waals surface area (Å²) in [6, 6.07) is 5.71. The number of halogens is 2. The molecule has 2 nitrogen and oxygen atoms in total. The van der Waals surface area contributed by atoms with Gasteiger partial charge >= 0.3 is 0 Å². The molecule has 2 N–H and O–H groups in total. The van der Waals surface area contributed by atoms with Crippen molar-refractivity contribution >= 4 is 34.1 Å². The summed E-state index contributed by atoms with van der Waals surface area (Å²) in [4.78, 5) is 4.68. The van der Waals surface area contributed by atoms with E-state index >= 15 is 0 Å². The molecule has 102 valence electrons. The van der Waals surface area contributed by atoms with Gasteiger partial charge in [-0.3, -0.25) is 4.98 Å². The van der Waals surface area contributed by atoms with Gasteiger partial charge in [0.15, 0.2) is 0 Å². The Bertz CT molecular complexity index is 628. The van der Waals surface area contributed by atoms with Crippen molar-refractivity contribution in [3.05, 3.63) is 39.5 Å². The molecule has 0 bridgehead atoms. The lowest BCUT2D eigenvalue weighted by molar-refractivity contribution is 0.569. The first-order chi connectivity index (χ1) is 8.71. The SMILES string of the molecule is CC(N)c1cc(C(C)(C)C)nc2c(Cl)c(Cl)ccc12. The number of pyridine rings is 1. The summed E-state index contributed by atoms with van der Waals surface area (Å²) in [5.74, 6) is 0. The van der Waals surface area contributed by atoms with Crippen LogP contribution in [0.5, 0.6) is 0 Å². The molecule has 2 rings (SSSR count). The van der Waals surface area contributed by atoms with Crippen molar-refractivity contribution in [1.29, 1.82) is 0 Å². The first kappa shape index (κ1) is 14.6. The minimum atomic E-state index is -0.0798. The fourth-order valence-electron chi connectivity index (χ4n) is 2.02. The van der Waals surface area contributed by atoms with Crippen LogP contribution in [0.15, 0.2) is 18.2 Å². The summed E-state index contributed by atoms with van der Waals surface area (Å²) in [6.07, 6.45) is 0. The molecule has 1 atom stereocenters. The number of nitrogens with two attached hydrogens (primary N) is 1. The predicted molar refractivity (Wildman–Crippen MR) is 83.1 cm³/mol. The molecule has 1 unspecified atom stereocenters. The Hall–Kier alpha value is -0.830. The van der Waals surface area contributed by atoms with Gasteiger partial charge in [0.05, 0.1) is 15.6 Å². The van der Waals surface area contributed by atoms with Crippen molar-refractivity contribution in [3.63, 3.8) is 0 Å². The summed E-state index contributed by atoms with van der Waals surface area (Å²) >= 11 is 12.4. The van der Waals surface area contributed by atoms with E-state index in [-0.39, 0.29) is 11.5 Å². The van der Waals surface area contributed by atoms with E-state index in [0.717, 1.165) is 22.2 Å². The molecule has 1 aromatic heterocycles. The maximum Gasteiger partial charge on any atom is 0.0910 e. The first-order valence-electron chi connectivity index (χ1n) is 6.26. The van der Waals surface area contributed by atoms with E-state index in [9.17, 15) is 0 Å². The first-order valence-corrected chi connectivity index (χ1v) is 7.02. The molecular weight excluding hydrogens is 279 g/mol. The third-order valence-electron chi connectivity index (χ3n) is 3.16. The number of nitrogens with zero attached hydrogens (tertiary/aromatic N) is 1. The average molecular weight is 297 g/mol. The Morgan fingerprint density at radius 2 is 1.84 bits per heavy atom. The van der Waals surface area contributed by atoms with Crippen LogP contribution in [0.1, 0.15) is 45.0 Å². The van der Waals surface area contributed by atoms with Crippen molar-refractivity contribution in [2.45, 2.75) is 39.2 Å². The van der Waals surface area contributed by atoms with E-state index in [1.165, 1.54) is 0 Å². The molecule has 4 heteroatoms. The lowest BCUT2D eigenvalue weighted by Gasteiger charge is -2.21. The zero-order chi connectivity index (χ0) is 14.4. The molecule has 0 aliphatic rings. The monoisotopic (exact) mass is 296 g/mol. The Labute approximate surface area is 123 Å². The quantitative estimate of drug-likeness (QED) is 0.816. The molecular formula is C15H18Cl2N2. The van der Waals surface area contributed by atoms with E-state index in [1.54, 1.807) is 6.07 Å².